The van der Waals surface area contributed by atoms with Crippen molar-refractivity contribution in [2.45, 2.75) is 55.6 Å². The summed E-state index contributed by atoms with van der Waals surface area (Å²) in [5, 5.41) is 12.1. The highest BCUT2D eigenvalue weighted by Gasteiger charge is 2.36. The lowest BCUT2D eigenvalue weighted by Gasteiger charge is -2.34. The first-order chi connectivity index (χ1) is 14.1. The van der Waals surface area contributed by atoms with E-state index in [1.807, 2.05) is 30.5 Å². The molecule has 0 bridgehead atoms. The zero-order valence-electron chi connectivity index (χ0n) is 16.8. The lowest BCUT2D eigenvalue weighted by molar-refractivity contribution is 0.320. The van der Waals surface area contributed by atoms with Gasteiger partial charge in [-0.25, -0.2) is 4.98 Å². The number of benzene rings is 1. The molecule has 1 aliphatic rings. The zero-order valence-corrected chi connectivity index (χ0v) is 17.6. The molecule has 3 aromatic rings. The predicted molar refractivity (Wildman–Crippen MR) is 118 cm³/mol. The minimum atomic E-state index is -0.489. The summed E-state index contributed by atoms with van der Waals surface area (Å²) in [4.78, 5) is 9.24. The lowest BCUT2D eigenvalue weighted by atomic mass is 9.85. The molecule has 150 valence electrons. The first kappa shape index (κ1) is 19.9. The third-order valence-electron chi connectivity index (χ3n) is 5.93. The van der Waals surface area contributed by atoms with Gasteiger partial charge in [0, 0.05) is 28.7 Å². The highest BCUT2D eigenvalue weighted by atomic mass is 32.2. The molecule has 4 rings (SSSR count). The van der Waals surface area contributed by atoms with Gasteiger partial charge in [-0.1, -0.05) is 19.9 Å². The van der Waals surface area contributed by atoms with E-state index in [1.165, 1.54) is 17.8 Å². The van der Waals surface area contributed by atoms with E-state index in [1.54, 1.807) is 11.8 Å². The Hall–Kier alpha value is -2.40. The maximum absolute atomic E-state index is 13.6. The monoisotopic (exact) mass is 408 g/mol. The van der Waals surface area contributed by atoms with Crippen LogP contribution in [0.5, 0.6) is 0 Å². The largest absolute Gasteiger partial charge is 0.511 e. The number of hydrogen-bond acceptors (Lipinski definition) is 4. The summed E-state index contributed by atoms with van der Waals surface area (Å²) in [5.41, 5.74) is 3.81. The van der Waals surface area contributed by atoms with E-state index in [-0.39, 0.29) is 4.75 Å². The predicted octanol–water partition coefficient (Wildman–Crippen LogP) is 7.08. The van der Waals surface area contributed by atoms with Gasteiger partial charge in [0.1, 0.15) is 5.76 Å². The molecule has 0 atom stereocenters. The Kier molecular flexibility index (Phi) is 5.59. The Bertz CT molecular complexity index is 1070. The molecule has 0 aliphatic heterocycles. The standard InChI is InChI=1S/C24H25FN2OS/c1-3-24(4-2,23(28)16-6-5-7-16)29-21-11-13-26-20-9-8-17(14-19(20)21)18-10-12-27-22(25)15-18/h8-15,28H,3-7H2,1-2H3. The van der Waals surface area contributed by atoms with Gasteiger partial charge in [0.2, 0.25) is 5.95 Å². The minimum Gasteiger partial charge on any atom is -0.511 e. The second-order valence-electron chi connectivity index (χ2n) is 7.52. The summed E-state index contributed by atoms with van der Waals surface area (Å²) in [6.07, 6.45) is 8.17. The number of fused-ring (bicyclic) bond motifs is 1. The molecule has 0 saturated heterocycles. The van der Waals surface area contributed by atoms with E-state index < -0.39 is 5.95 Å². The number of halogens is 1. The van der Waals surface area contributed by atoms with Crippen molar-refractivity contribution in [2.75, 3.05) is 0 Å². The van der Waals surface area contributed by atoms with Crippen molar-refractivity contribution in [3.8, 4) is 11.1 Å². The van der Waals surface area contributed by atoms with Crippen molar-refractivity contribution >= 4 is 22.7 Å². The van der Waals surface area contributed by atoms with Gasteiger partial charge >= 0.3 is 0 Å². The van der Waals surface area contributed by atoms with E-state index in [2.05, 4.69) is 29.9 Å². The van der Waals surface area contributed by atoms with Gasteiger partial charge in [0.15, 0.2) is 0 Å². The van der Waals surface area contributed by atoms with Crippen molar-refractivity contribution in [3.05, 3.63) is 66.1 Å². The van der Waals surface area contributed by atoms with Crippen molar-refractivity contribution in [1.29, 1.82) is 0 Å². The van der Waals surface area contributed by atoms with Gasteiger partial charge in [-0.15, -0.1) is 11.8 Å². The summed E-state index contributed by atoms with van der Waals surface area (Å²) in [6.45, 7) is 4.28. The van der Waals surface area contributed by atoms with E-state index in [4.69, 9.17) is 0 Å². The molecular formula is C24H25FN2OS. The molecule has 1 aromatic carbocycles. The minimum absolute atomic E-state index is 0.331. The molecular weight excluding hydrogens is 383 g/mol. The van der Waals surface area contributed by atoms with Crippen molar-refractivity contribution in [1.82, 2.24) is 9.97 Å². The van der Waals surface area contributed by atoms with Crippen LogP contribution in [0.15, 0.2) is 65.0 Å². The lowest BCUT2D eigenvalue weighted by Crippen LogP contribution is -2.28. The fourth-order valence-corrected chi connectivity index (χ4v) is 5.23. The van der Waals surface area contributed by atoms with Crippen LogP contribution in [0.4, 0.5) is 4.39 Å². The highest BCUT2D eigenvalue weighted by molar-refractivity contribution is 8.01. The molecule has 2 heterocycles. The average Bonchev–Trinajstić information content (AvgIpc) is 2.70. The zero-order chi connectivity index (χ0) is 20.4. The van der Waals surface area contributed by atoms with Crippen LogP contribution in [0.3, 0.4) is 0 Å². The molecule has 1 fully saturated rings. The number of pyridine rings is 2. The first-order valence-corrected chi connectivity index (χ1v) is 11.0. The second kappa shape index (κ2) is 8.15. The number of aliphatic hydroxyl groups excluding tert-OH is 1. The molecule has 1 saturated carbocycles. The number of thioether (sulfide) groups is 1. The van der Waals surface area contributed by atoms with E-state index in [9.17, 15) is 9.50 Å². The molecule has 29 heavy (non-hydrogen) atoms. The number of aliphatic hydroxyl groups is 1. The number of rotatable bonds is 6. The smallest absolute Gasteiger partial charge is 0.213 e. The Balaban J connectivity index is 1.79. The number of nitrogens with zero attached hydrogens (tertiary/aromatic N) is 2. The van der Waals surface area contributed by atoms with E-state index in [0.717, 1.165) is 59.0 Å². The van der Waals surface area contributed by atoms with Crippen LogP contribution < -0.4 is 0 Å². The Morgan fingerprint density at radius 1 is 1.03 bits per heavy atom. The second-order valence-corrected chi connectivity index (χ2v) is 8.94. The molecule has 0 spiro atoms. The van der Waals surface area contributed by atoms with Crippen molar-refractivity contribution in [3.63, 3.8) is 0 Å². The van der Waals surface area contributed by atoms with Gasteiger partial charge in [0.05, 0.1) is 10.3 Å². The third kappa shape index (κ3) is 3.76. The van der Waals surface area contributed by atoms with Crippen molar-refractivity contribution in [2.24, 2.45) is 0 Å². The molecule has 0 radical (unpaired) electrons. The maximum Gasteiger partial charge on any atom is 0.213 e. The van der Waals surface area contributed by atoms with Crippen LogP contribution in [0, 0.1) is 5.95 Å². The van der Waals surface area contributed by atoms with Gasteiger partial charge < -0.3 is 5.11 Å². The van der Waals surface area contributed by atoms with Gasteiger partial charge in [0.25, 0.3) is 0 Å². The van der Waals surface area contributed by atoms with Crippen LogP contribution in [0.1, 0.15) is 46.0 Å². The molecule has 1 aliphatic carbocycles. The molecule has 3 nitrogen and oxygen atoms in total. The molecule has 0 amide bonds. The van der Waals surface area contributed by atoms with Gasteiger partial charge in [-0.05, 0) is 73.1 Å². The Morgan fingerprint density at radius 3 is 2.41 bits per heavy atom. The first-order valence-electron chi connectivity index (χ1n) is 10.2. The number of aromatic nitrogens is 2. The molecule has 5 heteroatoms. The van der Waals surface area contributed by atoms with Crippen LogP contribution >= 0.6 is 11.8 Å². The summed E-state index contributed by atoms with van der Waals surface area (Å²) in [5.74, 6) is 0.0764. The number of allylic oxidation sites excluding steroid dienone is 1. The van der Waals surface area contributed by atoms with Gasteiger partial charge in [-0.3, -0.25) is 4.98 Å². The highest BCUT2D eigenvalue weighted by Crippen LogP contribution is 2.48. The Labute approximate surface area is 175 Å². The maximum atomic E-state index is 13.6. The van der Waals surface area contributed by atoms with Crippen LogP contribution in [-0.4, -0.2) is 19.8 Å². The van der Waals surface area contributed by atoms with Crippen LogP contribution in [-0.2, 0) is 0 Å². The quantitative estimate of drug-likeness (QED) is 0.269. The molecule has 0 unspecified atom stereocenters. The van der Waals surface area contributed by atoms with Crippen LogP contribution in [0.25, 0.3) is 22.0 Å². The summed E-state index contributed by atoms with van der Waals surface area (Å²) in [7, 11) is 0. The number of hydrogen-bond donors (Lipinski definition) is 1. The fourth-order valence-electron chi connectivity index (χ4n) is 3.87. The van der Waals surface area contributed by atoms with Crippen molar-refractivity contribution < 1.29 is 9.50 Å². The van der Waals surface area contributed by atoms with E-state index in [0.29, 0.717) is 5.76 Å². The Morgan fingerprint density at radius 2 is 1.76 bits per heavy atom. The topological polar surface area (TPSA) is 46.0 Å². The average molecular weight is 409 g/mol. The third-order valence-corrected chi connectivity index (χ3v) is 7.67. The molecule has 2 aromatic heterocycles. The summed E-state index contributed by atoms with van der Waals surface area (Å²) < 4.78 is 13.3. The van der Waals surface area contributed by atoms with Crippen LogP contribution in [0.2, 0.25) is 0 Å². The normalized spacial score (nSPS) is 14.1. The fraction of sp³-hybridized carbons (Fsp3) is 0.333. The van der Waals surface area contributed by atoms with E-state index >= 15 is 0 Å². The summed E-state index contributed by atoms with van der Waals surface area (Å²) in [6, 6.07) is 11.3. The molecule has 1 N–H and O–H groups in total. The SMILES string of the molecule is CCC(CC)(Sc1ccnc2ccc(-c3ccnc(F)c3)cc12)C(O)=C1CCC1. The van der Waals surface area contributed by atoms with Gasteiger partial charge in [-0.2, -0.15) is 4.39 Å². The summed E-state index contributed by atoms with van der Waals surface area (Å²) >= 11 is 1.72.